The third kappa shape index (κ3) is 2.79. The third-order valence-electron chi connectivity index (χ3n) is 1.26. The van der Waals surface area contributed by atoms with Crippen LogP contribution >= 0.6 is 15.9 Å². The minimum atomic E-state index is -4.94. The maximum Gasteiger partial charge on any atom is 0.573 e. The number of ether oxygens (including phenoxy) is 1. The molecule has 0 unspecified atom stereocenters. The van der Waals surface area contributed by atoms with Crippen LogP contribution in [0, 0.1) is 17.1 Å². The summed E-state index contributed by atoms with van der Waals surface area (Å²) < 4.78 is 51.3. The molecule has 0 radical (unpaired) electrons. The number of nitrogens with zero attached hydrogens (tertiary/aromatic N) is 2. The molecule has 0 aliphatic rings. The van der Waals surface area contributed by atoms with Crippen molar-refractivity contribution in [3.63, 3.8) is 0 Å². The van der Waals surface area contributed by atoms with Crippen LogP contribution in [0.25, 0.3) is 0 Å². The van der Waals surface area contributed by atoms with Crippen molar-refractivity contribution in [2.75, 3.05) is 0 Å². The minimum Gasteiger partial charge on any atom is -0.403 e. The maximum atomic E-state index is 13.1. The van der Waals surface area contributed by atoms with Crippen molar-refractivity contribution in [2.24, 2.45) is 0 Å². The Morgan fingerprint density at radius 3 is 2.53 bits per heavy atom. The quantitative estimate of drug-likeness (QED) is 0.745. The molecule has 0 aliphatic carbocycles. The largest absolute Gasteiger partial charge is 0.573 e. The van der Waals surface area contributed by atoms with E-state index in [0.29, 0.717) is 6.20 Å². The van der Waals surface area contributed by atoms with Gasteiger partial charge in [0.15, 0.2) is 17.3 Å². The number of halogens is 5. The Labute approximate surface area is 89.4 Å². The monoisotopic (exact) mass is 284 g/mol. The Morgan fingerprint density at radius 2 is 2.07 bits per heavy atom. The number of aromatic nitrogens is 1. The van der Waals surface area contributed by atoms with E-state index >= 15 is 0 Å². The van der Waals surface area contributed by atoms with Crippen LogP contribution in [-0.4, -0.2) is 11.3 Å². The molecule has 0 spiro atoms. The smallest absolute Gasteiger partial charge is 0.403 e. The summed E-state index contributed by atoms with van der Waals surface area (Å²) in [7, 11) is 0. The first-order valence-corrected chi connectivity index (χ1v) is 4.14. The van der Waals surface area contributed by atoms with Crippen LogP contribution in [0.15, 0.2) is 10.7 Å². The molecule has 0 aliphatic heterocycles. The van der Waals surface area contributed by atoms with Crippen LogP contribution in [0.3, 0.4) is 0 Å². The van der Waals surface area contributed by atoms with Crippen molar-refractivity contribution < 1.29 is 22.3 Å². The SMILES string of the molecule is N#Cc1ncc(OC(F)(F)F)c(Br)c1F. The van der Waals surface area contributed by atoms with Crippen molar-refractivity contribution in [3.05, 3.63) is 22.2 Å². The zero-order valence-electron chi connectivity index (χ0n) is 6.77. The van der Waals surface area contributed by atoms with Gasteiger partial charge in [-0.05, 0) is 15.9 Å². The Balaban J connectivity index is 3.14. The molecule has 0 saturated heterocycles. The number of pyridine rings is 1. The first-order chi connectivity index (χ1) is 6.85. The van der Waals surface area contributed by atoms with Crippen molar-refractivity contribution in [1.82, 2.24) is 4.98 Å². The summed E-state index contributed by atoms with van der Waals surface area (Å²) in [4.78, 5) is 3.15. The summed E-state index contributed by atoms with van der Waals surface area (Å²) in [6.07, 6.45) is -4.33. The van der Waals surface area contributed by atoms with Gasteiger partial charge in [-0.2, -0.15) is 5.26 Å². The summed E-state index contributed by atoms with van der Waals surface area (Å²) in [5, 5.41) is 8.33. The molecule has 1 aromatic rings. The van der Waals surface area contributed by atoms with Crippen molar-refractivity contribution in [2.45, 2.75) is 6.36 Å². The van der Waals surface area contributed by atoms with Crippen LogP contribution in [0.4, 0.5) is 17.6 Å². The van der Waals surface area contributed by atoms with Crippen LogP contribution in [0.5, 0.6) is 5.75 Å². The zero-order chi connectivity index (χ0) is 11.6. The van der Waals surface area contributed by atoms with Crippen LogP contribution in [-0.2, 0) is 0 Å². The molecule has 15 heavy (non-hydrogen) atoms. The Hall–Kier alpha value is -1.36. The summed E-state index contributed by atoms with van der Waals surface area (Å²) in [6.45, 7) is 0. The van der Waals surface area contributed by atoms with Crippen molar-refractivity contribution in [1.29, 1.82) is 5.26 Å². The number of rotatable bonds is 1. The highest BCUT2D eigenvalue weighted by molar-refractivity contribution is 9.10. The van der Waals surface area contributed by atoms with Crippen LogP contribution in [0.2, 0.25) is 0 Å². The summed E-state index contributed by atoms with van der Waals surface area (Å²) in [6, 6.07) is 1.37. The zero-order valence-corrected chi connectivity index (χ0v) is 8.36. The van der Waals surface area contributed by atoms with Gasteiger partial charge in [-0.25, -0.2) is 9.37 Å². The van der Waals surface area contributed by atoms with E-state index in [0.717, 1.165) is 0 Å². The lowest BCUT2D eigenvalue weighted by atomic mass is 10.3. The summed E-state index contributed by atoms with van der Waals surface area (Å²) >= 11 is 2.53. The highest BCUT2D eigenvalue weighted by atomic mass is 79.9. The van der Waals surface area contributed by atoms with Gasteiger partial charge in [0.25, 0.3) is 0 Å². The molecule has 1 heterocycles. The molecule has 0 aromatic carbocycles. The van der Waals surface area contributed by atoms with E-state index in [1.807, 2.05) is 0 Å². The number of nitriles is 1. The number of hydrogen-bond donors (Lipinski definition) is 0. The molecule has 0 fully saturated rings. The average molecular weight is 285 g/mol. The van der Waals surface area contributed by atoms with Gasteiger partial charge in [0, 0.05) is 0 Å². The van der Waals surface area contributed by atoms with Gasteiger partial charge in [0.2, 0.25) is 0 Å². The molecule has 1 aromatic heterocycles. The summed E-state index contributed by atoms with van der Waals surface area (Å²) in [5.41, 5.74) is -0.614. The molecule has 0 amide bonds. The van der Waals surface area contributed by atoms with E-state index in [4.69, 9.17) is 5.26 Å². The van der Waals surface area contributed by atoms with Crippen molar-refractivity contribution >= 4 is 15.9 Å². The summed E-state index contributed by atoms with van der Waals surface area (Å²) in [5.74, 6) is -2.03. The van der Waals surface area contributed by atoms with E-state index in [9.17, 15) is 17.6 Å². The molecule has 8 heteroatoms. The van der Waals surface area contributed by atoms with Crippen LogP contribution in [0.1, 0.15) is 5.69 Å². The molecular weight excluding hydrogens is 284 g/mol. The second-order valence-corrected chi connectivity index (χ2v) is 3.05. The first-order valence-electron chi connectivity index (χ1n) is 3.35. The van der Waals surface area contributed by atoms with E-state index in [2.05, 4.69) is 25.7 Å². The van der Waals surface area contributed by atoms with Gasteiger partial charge >= 0.3 is 6.36 Å². The van der Waals surface area contributed by atoms with E-state index < -0.39 is 28.1 Å². The lowest BCUT2D eigenvalue weighted by Gasteiger charge is -2.10. The second-order valence-electron chi connectivity index (χ2n) is 2.26. The fraction of sp³-hybridized carbons (Fsp3) is 0.143. The highest BCUT2D eigenvalue weighted by Crippen LogP contribution is 2.32. The van der Waals surface area contributed by atoms with Crippen LogP contribution < -0.4 is 4.74 Å². The fourth-order valence-electron chi connectivity index (χ4n) is 0.722. The predicted molar refractivity (Wildman–Crippen MR) is 43.3 cm³/mol. The Bertz CT molecular complexity index is 426. The van der Waals surface area contributed by atoms with E-state index in [1.165, 1.54) is 6.07 Å². The third-order valence-corrected chi connectivity index (χ3v) is 2.00. The second kappa shape index (κ2) is 4.02. The molecule has 0 atom stereocenters. The molecule has 0 bridgehead atoms. The maximum absolute atomic E-state index is 13.1. The van der Waals surface area contributed by atoms with Gasteiger partial charge in [0.05, 0.1) is 6.20 Å². The molecular formula is C7HBrF4N2O. The lowest BCUT2D eigenvalue weighted by Crippen LogP contribution is -2.18. The van der Waals surface area contributed by atoms with Crippen molar-refractivity contribution in [3.8, 4) is 11.8 Å². The first kappa shape index (κ1) is 11.7. The standard InChI is InChI=1S/C7HBrF4N2O/c8-5-4(15-7(10,11)12)2-14-3(1-13)6(5)9/h2H. The average Bonchev–Trinajstić information content (AvgIpc) is 2.11. The van der Waals surface area contributed by atoms with E-state index in [-0.39, 0.29) is 0 Å². The van der Waals surface area contributed by atoms with Gasteiger partial charge in [-0.15, -0.1) is 13.2 Å². The molecule has 0 N–H and O–H groups in total. The van der Waals surface area contributed by atoms with Gasteiger partial charge < -0.3 is 4.74 Å². The molecule has 3 nitrogen and oxygen atoms in total. The van der Waals surface area contributed by atoms with Gasteiger partial charge in [-0.1, -0.05) is 0 Å². The topological polar surface area (TPSA) is 45.9 Å². The highest BCUT2D eigenvalue weighted by Gasteiger charge is 2.33. The van der Waals surface area contributed by atoms with E-state index in [1.54, 1.807) is 0 Å². The molecule has 80 valence electrons. The lowest BCUT2D eigenvalue weighted by molar-refractivity contribution is -0.275. The number of hydrogen-bond acceptors (Lipinski definition) is 3. The Kier molecular flexibility index (Phi) is 3.14. The fourth-order valence-corrected chi connectivity index (χ4v) is 1.09. The normalized spacial score (nSPS) is 10.9. The predicted octanol–water partition coefficient (Wildman–Crippen LogP) is 2.75. The van der Waals surface area contributed by atoms with Gasteiger partial charge in [0.1, 0.15) is 10.5 Å². The minimum absolute atomic E-state index is 0.591. The molecule has 0 saturated carbocycles. The van der Waals surface area contributed by atoms with Gasteiger partial charge in [-0.3, -0.25) is 0 Å². The number of alkyl halides is 3. The molecule has 1 rings (SSSR count). The Morgan fingerprint density at radius 1 is 1.47 bits per heavy atom.